The highest BCUT2D eigenvalue weighted by atomic mass is 79.9. The molecule has 0 saturated heterocycles. The molecule has 0 bridgehead atoms. The lowest BCUT2D eigenvalue weighted by molar-refractivity contribution is 0.0998. The van der Waals surface area contributed by atoms with Crippen molar-refractivity contribution in [2.75, 3.05) is 0 Å². The van der Waals surface area contributed by atoms with Gasteiger partial charge < -0.3 is 14.9 Å². The zero-order valence-electron chi connectivity index (χ0n) is 21.8. The van der Waals surface area contributed by atoms with Gasteiger partial charge in [0.25, 0.3) is 5.91 Å². The average Bonchev–Trinajstić information content (AvgIpc) is 3.40. The summed E-state index contributed by atoms with van der Waals surface area (Å²) in [4.78, 5) is 17.9. The van der Waals surface area contributed by atoms with Crippen LogP contribution in [0, 0.1) is 0 Å². The van der Waals surface area contributed by atoms with E-state index < -0.39 is 20.3 Å². The van der Waals surface area contributed by atoms with Crippen molar-refractivity contribution in [2.24, 2.45) is 5.73 Å². The van der Waals surface area contributed by atoms with E-state index in [9.17, 15) is 4.79 Å². The molecule has 10 heteroatoms. The Kier molecular flexibility index (Phi) is 7.93. The first-order valence-corrected chi connectivity index (χ1v) is 16.8. The van der Waals surface area contributed by atoms with Crippen molar-refractivity contribution >= 4 is 58.7 Å². The third-order valence-corrected chi connectivity index (χ3v) is 13.3. The zero-order valence-corrected chi connectivity index (χ0v) is 25.9. The maximum absolute atomic E-state index is 12.3. The topological polar surface area (TPSA) is 78.9 Å². The molecule has 0 spiro atoms. The summed E-state index contributed by atoms with van der Waals surface area (Å²) in [7, 11) is -1.87. The number of hydrogen-bond donors (Lipinski definition) is 1. The van der Waals surface area contributed by atoms with Crippen molar-refractivity contribution in [3.05, 3.63) is 74.3 Å². The van der Waals surface area contributed by atoms with Crippen LogP contribution in [0.5, 0.6) is 5.75 Å². The molecule has 0 aliphatic heterocycles. The van der Waals surface area contributed by atoms with Gasteiger partial charge in [0.15, 0.2) is 8.32 Å². The highest BCUT2D eigenvalue weighted by Crippen LogP contribution is 2.40. The van der Waals surface area contributed by atoms with Crippen molar-refractivity contribution in [3.8, 4) is 16.3 Å². The van der Waals surface area contributed by atoms with Gasteiger partial charge in [-0.3, -0.25) is 9.20 Å². The number of fused-ring (bicyclic) bond motifs is 1. The van der Waals surface area contributed by atoms with Gasteiger partial charge in [-0.15, -0.1) is 11.3 Å². The number of nitrogens with zero attached hydrogens (tertiary/aromatic N) is 2. The zero-order chi connectivity index (χ0) is 27.1. The largest absolute Gasteiger partial charge is 0.484 e. The van der Waals surface area contributed by atoms with Gasteiger partial charge in [-0.05, 0) is 64.7 Å². The van der Waals surface area contributed by atoms with E-state index in [1.807, 2.05) is 53.9 Å². The number of carbonyl (C=O) groups excluding carboxylic acids is 1. The first-order chi connectivity index (χ1) is 17.3. The van der Waals surface area contributed by atoms with E-state index in [4.69, 9.17) is 26.5 Å². The standard InChI is InChI=1S/C27H31BrClN3O3SSi/c1-16(19-9-7-17(11-20(19)29)15-34-37(5,6)27(2,3)4)35-22-12-23(36-25(22)26(30)33)21-13-31-24-10-8-18(28)14-32(21)24/h7-14,16H,15H2,1-6H3,(H2,30,33)/t16-/m1/s1. The monoisotopic (exact) mass is 619 g/mol. The summed E-state index contributed by atoms with van der Waals surface area (Å²) < 4.78 is 15.5. The molecule has 3 aromatic heterocycles. The molecule has 37 heavy (non-hydrogen) atoms. The van der Waals surface area contributed by atoms with Crippen LogP contribution in [-0.2, 0) is 11.0 Å². The third-order valence-electron chi connectivity index (χ3n) is 6.86. The van der Waals surface area contributed by atoms with Crippen LogP contribution in [0.1, 0.15) is 54.6 Å². The maximum atomic E-state index is 12.3. The fourth-order valence-electron chi connectivity index (χ4n) is 3.62. The second-order valence-electron chi connectivity index (χ2n) is 10.6. The van der Waals surface area contributed by atoms with E-state index >= 15 is 0 Å². The Morgan fingerprint density at radius 2 is 1.97 bits per heavy atom. The maximum Gasteiger partial charge on any atom is 0.262 e. The predicted molar refractivity (Wildman–Crippen MR) is 157 cm³/mol. The highest BCUT2D eigenvalue weighted by molar-refractivity contribution is 9.10. The summed E-state index contributed by atoms with van der Waals surface area (Å²) in [6, 6.07) is 11.6. The van der Waals surface area contributed by atoms with Crippen molar-refractivity contribution in [3.63, 3.8) is 0 Å². The molecule has 1 aromatic carbocycles. The molecule has 1 atom stereocenters. The van der Waals surface area contributed by atoms with E-state index in [0.717, 1.165) is 31.8 Å². The summed E-state index contributed by atoms with van der Waals surface area (Å²) in [5, 5.41) is 0.725. The number of hydrogen-bond acceptors (Lipinski definition) is 5. The predicted octanol–water partition coefficient (Wildman–Crippen LogP) is 8.24. The van der Waals surface area contributed by atoms with Crippen LogP contribution in [0.3, 0.4) is 0 Å². The quantitative estimate of drug-likeness (QED) is 0.201. The number of halogens is 2. The Balaban J connectivity index is 1.56. The molecule has 0 fully saturated rings. The van der Waals surface area contributed by atoms with E-state index in [1.54, 1.807) is 6.20 Å². The second-order valence-corrected chi connectivity index (χ2v) is 17.7. The van der Waals surface area contributed by atoms with E-state index in [0.29, 0.717) is 22.3 Å². The van der Waals surface area contributed by atoms with Gasteiger partial charge in [0.05, 0.1) is 23.4 Å². The first-order valence-electron chi connectivity index (χ1n) is 11.9. The molecular formula is C27H31BrClN3O3SSi. The molecular weight excluding hydrogens is 590 g/mol. The Hall–Kier alpha value is -2.17. The van der Waals surface area contributed by atoms with Crippen LogP contribution < -0.4 is 10.5 Å². The fraction of sp³-hybridized carbons (Fsp3) is 0.333. The first kappa shape index (κ1) is 27.9. The minimum absolute atomic E-state index is 0.135. The third kappa shape index (κ3) is 5.96. The van der Waals surface area contributed by atoms with Crippen LogP contribution in [0.25, 0.3) is 16.2 Å². The summed E-state index contributed by atoms with van der Waals surface area (Å²) in [6.45, 7) is 13.5. The normalized spacial score (nSPS) is 13.2. The van der Waals surface area contributed by atoms with Crippen molar-refractivity contribution in [1.29, 1.82) is 0 Å². The number of thiophene rings is 1. The van der Waals surface area contributed by atoms with Gasteiger partial charge in [0.2, 0.25) is 0 Å². The number of amides is 1. The molecule has 0 radical (unpaired) electrons. The number of carbonyl (C=O) groups is 1. The average molecular weight is 621 g/mol. The molecule has 4 rings (SSSR count). The highest BCUT2D eigenvalue weighted by Gasteiger charge is 2.37. The number of pyridine rings is 1. The summed E-state index contributed by atoms with van der Waals surface area (Å²) in [6.07, 6.45) is 3.30. The van der Waals surface area contributed by atoms with Crippen LogP contribution in [0.2, 0.25) is 23.2 Å². The second kappa shape index (κ2) is 10.5. The van der Waals surface area contributed by atoms with Crippen molar-refractivity contribution in [1.82, 2.24) is 9.38 Å². The van der Waals surface area contributed by atoms with Gasteiger partial charge >= 0.3 is 0 Å². The van der Waals surface area contributed by atoms with Crippen molar-refractivity contribution < 1.29 is 14.0 Å². The molecule has 0 saturated carbocycles. The number of rotatable bonds is 8. The van der Waals surface area contributed by atoms with E-state index in [1.165, 1.54) is 11.3 Å². The molecule has 3 heterocycles. The number of aromatic nitrogens is 2. The van der Waals surface area contributed by atoms with Crippen LogP contribution in [0.4, 0.5) is 0 Å². The number of imidazole rings is 1. The number of ether oxygens (including phenoxy) is 1. The summed E-state index contributed by atoms with van der Waals surface area (Å²) >= 11 is 11.5. The lowest BCUT2D eigenvalue weighted by Crippen LogP contribution is -2.40. The molecule has 1 amide bonds. The van der Waals surface area contributed by atoms with Crippen LogP contribution in [0.15, 0.2) is 53.3 Å². The van der Waals surface area contributed by atoms with Gasteiger partial charge in [-0.2, -0.15) is 0 Å². The molecule has 6 nitrogen and oxygen atoms in total. The summed E-state index contributed by atoms with van der Waals surface area (Å²) in [5.74, 6) is -0.121. The lowest BCUT2D eigenvalue weighted by Gasteiger charge is -2.36. The molecule has 0 aliphatic rings. The molecule has 0 unspecified atom stereocenters. The van der Waals surface area contributed by atoms with Crippen LogP contribution in [-0.4, -0.2) is 23.6 Å². The van der Waals surface area contributed by atoms with Gasteiger partial charge in [0, 0.05) is 27.3 Å². The Labute approximate surface area is 236 Å². The molecule has 2 N–H and O–H groups in total. The van der Waals surface area contributed by atoms with Gasteiger partial charge in [-0.1, -0.05) is 44.5 Å². The molecule has 4 aromatic rings. The number of nitrogens with two attached hydrogens (primary N) is 1. The lowest BCUT2D eigenvalue weighted by atomic mass is 10.1. The SMILES string of the molecule is C[C@@H](Oc1cc(-c2cnc3ccc(Br)cn23)sc1C(N)=O)c1ccc(CO[Si](C)(C)C(C)(C)C)cc1Cl. The smallest absolute Gasteiger partial charge is 0.262 e. The minimum atomic E-state index is -1.87. The van der Waals surface area contributed by atoms with Gasteiger partial charge in [0.1, 0.15) is 22.4 Å². The molecule has 196 valence electrons. The van der Waals surface area contributed by atoms with Gasteiger partial charge in [-0.25, -0.2) is 4.98 Å². The fourth-order valence-corrected chi connectivity index (χ4v) is 6.23. The number of benzene rings is 1. The van der Waals surface area contributed by atoms with Crippen molar-refractivity contribution in [2.45, 2.75) is 58.5 Å². The minimum Gasteiger partial charge on any atom is -0.484 e. The Morgan fingerprint density at radius 1 is 1.24 bits per heavy atom. The van der Waals surface area contributed by atoms with E-state index in [2.05, 4.69) is 54.8 Å². The molecule has 0 aliphatic carbocycles. The Morgan fingerprint density at radius 3 is 2.62 bits per heavy atom. The van der Waals surface area contributed by atoms with E-state index in [-0.39, 0.29) is 5.04 Å². The van der Waals surface area contributed by atoms with Crippen LogP contribution >= 0.6 is 38.9 Å². The number of primary amides is 1. The Bertz CT molecular complexity index is 1460. The summed E-state index contributed by atoms with van der Waals surface area (Å²) in [5.41, 5.74) is 9.18.